The maximum Gasteiger partial charge on any atom is 0.407 e. The number of H-pyrrole nitrogens is 1. The van der Waals surface area contributed by atoms with Crippen molar-refractivity contribution in [2.24, 2.45) is 0 Å². The molecule has 2 aromatic rings. The number of hydrogen-bond acceptors (Lipinski definition) is 3. The summed E-state index contributed by atoms with van der Waals surface area (Å²) >= 11 is 0. The van der Waals surface area contributed by atoms with E-state index in [1.54, 1.807) is 6.07 Å². The highest BCUT2D eigenvalue weighted by molar-refractivity contribution is 5.91. The molecule has 7 nitrogen and oxygen atoms in total. The van der Waals surface area contributed by atoms with Crippen molar-refractivity contribution in [3.05, 3.63) is 47.4 Å². The molecule has 156 valence electrons. The van der Waals surface area contributed by atoms with Crippen LogP contribution in [0.3, 0.4) is 0 Å². The molecule has 0 radical (unpaired) electrons. The van der Waals surface area contributed by atoms with Gasteiger partial charge in [-0.3, -0.25) is 14.8 Å². The smallest absolute Gasteiger partial charge is 0.407 e. The Morgan fingerprint density at radius 1 is 1.28 bits per heavy atom. The van der Waals surface area contributed by atoms with E-state index in [4.69, 9.17) is 0 Å². The Hall–Kier alpha value is -3.04. The second kappa shape index (κ2) is 8.97. The highest BCUT2D eigenvalue weighted by Crippen LogP contribution is 2.37. The van der Waals surface area contributed by atoms with Crippen LogP contribution in [-0.4, -0.2) is 51.2 Å². The van der Waals surface area contributed by atoms with Gasteiger partial charge in [0.2, 0.25) is 5.91 Å². The zero-order valence-corrected chi connectivity index (χ0v) is 15.4. The van der Waals surface area contributed by atoms with Crippen LogP contribution in [0.25, 0.3) is 0 Å². The molecule has 1 saturated carbocycles. The first-order valence-electron chi connectivity index (χ1n) is 9.19. The number of halogens is 3. The minimum atomic E-state index is -2.72. The standard InChI is InChI=1S/C19H21F3N4O3/c20-13-4-1-11(2-5-13)7-18(27)23-17-9-15(24-25-17)12-3-6-14(8-12)26(19(28)29)10-16(21)22/h1-2,4-5,9,12,14,16H,3,6-8,10H2,(H,28,29)(H2,23,24,25,27). The predicted octanol–water partition coefficient (Wildman–Crippen LogP) is 3.61. The van der Waals surface area contributed by atoms with Gasteiger partial charge in [-0.15, -0.1) is 0 Å². The van der Waals surface area contributed by atoms with E-state index in [1.165, 1.54) is 24.3 Å². The molecule has 1 aromatic heterocycles. The number of amides is 2. The van der Waals surface area contributed by atoms with Crippen molar-refractivity contribution in [3.8, 4) is 0 Å². The number of aromatic amines is 1. The molecule has 0 aliphatic heterocycles. The summed E-state index contributed by atoms with van der Waals surface area (Å²) in [5.41, 5.74) is 1.37. The zero-order valence-electron chi connectivity index (χ0n) is 15.4. The Bertz CT molecular complexity index is 857. The Morgan fingerprint density at radius 3 is 2.66 bits per heavy atom. The SMILES string of the molecule is O=C(Cc1ccc(F)cc1)Nc1cc(C2CCC(N(CC(F)F)C(=O)O)C2)[nH]n1. The van der Waals surface area contributed by atoms with E-state index in [9.17, 15) is 27.9 Å². The third-order valence-electron chi connectivity index (χ3n) is 5.01. The number of anilines is 1. The molecule has 0 saturated heterocycles. The van der Waals surface area contributed by atoms with Gasteiger partial charge in [-0.1, -0.05) is 12.1 Å². The number of carbonyl (C=O) groups excluding carboxylic acids is 1. The van der Waals surface area contributed by atoms with E-state index >= 15 is 0 Å². The molecule has 10 heteroatoms. The number of alkyl halides is 2. The number of carbonyl (C=O) groups is 2. The number of aromatic nitrogens is 2. The molecule has 3 N–H and O–H groups in total. The predicted molar refractivity (Wildman–Crippen MR) is 98.4 cm³/mol. The zero-order chi connectivity index (χ0) is 21.0. The number of benzene rings is 1. The average Bonchev–Trinajstić information content (AvgIpc) is 3.30. The lowest BCUT2D eigenvalue weighted by atomic mass is 10.0. The molecule has 1 fully saturated rings. The summed E-state index contributed by atoms with van der Waals surface area (Å²) in [4.78, 5) is 24.2. The summed E-state index contributed by atoms with van der Waals surface area (Å²) in [5.74, 6) is -0.433. The van der Waals surface area contributed by atoms with E-state index in [-0.39, 0.29) is 24.1 Å². The van der Waals surface area contributed by atoms with Crippen molar-refractivity contribution in [1.82, 2.24) is 15.1 Å². The summed E-state index contributed by atoms with van der Waals surface area (Å²) in [7, 11) is 0. The van der Waals surface area contributed by atoms with E-state index in [2.05, 4.69) is 15.5 Å². The fraction of sp³-hybridized carbons (Fsp3) is 0.421. The molecular weight excluding hydrogens is 389 g/mol. The summed E-state index contributed by atoms with van der Waals surface area (Å²) in [6, 6.07) is 6.79. The fourth-order valence-corrected chi connectivity index (χ4v) is 3.64. The van der Waals surface area contributed by atoms with Gasteiger partial charge in [-0.05, 0) is 37.0 Å². The third kappa shape index (κ3) is 5.49. The van der Waals surface area contributed by atoms with Crippen LogP contribution < -0.4 is 5.32 Å². The van der Waals surface area contributed by atoms with Gasteiger partial charge in [0.15, 0.2) is 5.82 Å². The number of rotatable bonds is 7. The van der Waals surface area contributed by atoms with E-state index < -0.39 is 25.1 Å². The molecule has 1 aromatic carbocycles. The third-order valence-corrected chi connectivity index (χ3v) is 5.01. The van der Waals surface area contributed by atoms with Crippen molar-refractivity contribution >= 4 is 17.8 Å². The van der Waals surface area contributed by atoms with Crippen LogP contribution in [-0.2, 0) is 11.2 Å². The lowest BCUT2D eigenvalue weighted by Gasteiger charge is -2.25. The molecule has 29 heavy (non-hydrogen) atoms. The van der Waals surface area contributed by atoms with Crippen molar-refractivity contribution in [2.75, 3.05) is 11.9 Å². The molecule has 2 unspecified atom stereocenters. The molecule has 2 amide bonds. The molecule has 1 heterocycles. The van der Waals surface area contributed by atoms with E-state index in [0.717, 1.165) is 4.90 Å². The second-order valence-corrected chi connectivity index (χ2v) is 7.05. The van der Waals surface area contributed by atoms with Crippen LogP contribution >= 0.6 is 0 Å². The highest BCUT2D eigenvalue weighted by atomic mass is 19.3. The quantitative estimate of drug-likeness (QED) is 0.649. The van der Waals surface area contributed by atoms with Gasteiger partial charge in [0.1, 0.15) is 5.82 Å². The first-order chi connectivity index (χ1) is 13.8. The van der Waals surface area contributed by atoms with Crippen molar-refractivity contribution in [1.29, 1.82) is 0 Å². The minimum absolute atomic E-state index is 0.0604. The van der Waals surface area contributed by atoms with Gasteiger partial charge in [-0.2, -0.15) is 5.10 Å². The highest BCUT2D eigenvalue weighted by Gasteiger charge is 2.34. The fourth-order valence-electron chi connectivity index (χ4n) is 3.64. The Kier molecular flexibility index (Phi) is 6.40. The van der Waals surface area contributed by atoms with Crippen LogP contribution in [0.1, 0.15) is 36.4 Å². The summed E-state index contributed by atoms with van der Waals surface area (Å²) in [5, 5.41) is 18.7. The molecule has 1 aliphatic carbocycles. The Labute approximate surface area is 164 Å². The monoisotopic (exact) mass is 410 g/mol. The van der Waals surface area contributed by atoms with E-state index in [1.807, 2.05) is 0 Å². The normalized spacial score (nSPS) is 18.8. The van der Waals surface area contributed by atoms with Crippen LogP contribution in [0.5, 0.6) is 0 Å². The van der Waals surface area contributed by atoms with Crippen LogP contribution in [0.2, 0.25) is 0 Å². The second-order valence-electron chi connectivity index (χ2n) is 7.05. The number of hydrogen-bond donors (Lipinski definition) is 3. The van der Waals surface area contributed by atoms with E-state index in [0.29, 0.717) is 36.3 Å². The Morgan fingerprint density at radius 2 is 2.00 bits per heavy atom. The van der Waals surface area contributed by atoms with Gasteiger partial charge in [-0.25, -0.2) is 18.0 Å². The molecular formula is C19H21F3N4O3. The number of nitrogens with one attached hydrogen (secondary N) is 2. The van der Waals surface area contributed by atoms with Gasteiger partial charge >= 0.3 is 6.09 Å². The minimum Gasteiger partial charge on any atom is -0.465 e. The number of carboxylic acid groups (broad SMARTS) is 1. The summed E-state index contributed by atoms with van der Waals surface area (Å²) in [6.45, 7) is -0.805. The van der Waals surface area contributed by atoms with Crippen molar-refractivity contribution in [3.63, 3.8) is 0 Å². The maximum absolute atomic E-state index is 12.9. The van der Waals surface area contributed by atoms with Gasteiger partial charge in [0.05, 0.1) is 13.0 Å². The van der Waals surface area contributed by atoms with Crippen LogP contribution in [0.4, 0.5) is 23.8 Å². The van der Waals surface area contributed by atoms with Gasteiger partial charge in [0, 0.05) is 23.7 Å². The molecule has 3 rings (SSSR count). The summed E-state index contributed by atoms with van der Waals surface area (Å²) < 4.78 is 38.2. The van der Waals surface area contributed by atoms with Crippen LogP contribution in [0, 0.1) is 5.82 Å². The van der Waals surface area contributed by atoms with Crippen molar-refractivity contribution in [2.45, 2.75) is 44.1 Å². The first kappa shape index (κ1) is 20.7. The largest absolute Gasteiger partial charge is 0.465 e. The summed E-state index contributed by atoms with van der Waals surface area (Å²) in [6.07, 6.45) is -2.49. The molecule has 2 atom stereocenters. The molecule has 0 spiro atoms. The number of nitrogens with zero attached hydrogens (tertiary/aromatic N) is 2. The van der Waals surface area contributed by atoms with Crippen molar-refractivity contribution < 1.29 is 27.9 Å². The molecule has 0 bridgehead atoms. The topological polar surface area (TPSA) is 98.3 Å². The van der Waals surface area contributed by atoms with Gasteiger partial charge < -0.3 is 10.4 Å². The Balaban J connectivity index is 1.56. The lowest BCUT2D eigenvalue weighted by Crippen LogP contribution is -2.41. The first-order valence-corrected chi connectivity index (χ1v) is 9.19. The van der Waals surface area contributed by atoms with Crippen LogP contribution in [0.15, 0.2) is 30.3 Å². The maximum atomic E-state index is 12.9. The lowest BCUT2D eigenvalue weighted by molar-refractivity contribution is -0.115. The average molecular weight is 410 g/mol. The molecule has 1 aliphatic rings. The van der Waals surface area contributed by atoms with Gasteiger partial charge in [0.25, 0.3) is 6.43 Å².